The monoisotopic (exact) mass is 376 g/mol. The Kier molecular flexibility index (Phi) is 6.34. The number of nitrogens with zero attached hydrogens (tertiary/aromatic N) is 2. The Morgan fingerprint density at radius 2 is 1.85 bits per heavy atom. The Labute approximate surface area is 160 Å². The number of benzene rings is 1. The highest BCUT2D eigenvalue weighted by atomic mass is 19.1. The summed E-state index contributed by atoms with van der Waals surface area (Å²) in [5.74, 6) is -0.594. The fraction of sp³-hybridized carbons (Fsp3) is 0.619. The molecule has 1 saturated heterocycles. The van der Waals surface area contributed by atoms with Gasteiger partial charge in [0.15, 0.2) is 18.2 Å². The summed E-state index contributed by atoms with van der Waals surface area (Å²) in [5, 5.41) is 0. The van der Waals surface area contributed by atoms with Gasteiger partial charge >= 0.3 is 0 Å². The molecular weight excluding hydrogens is 347 g/mol. The van der Waals surface area contributed by atoms with Crippen LogP contribution in [0.4, 0.5) is 4.39 Å². The molecule has 1 saturated carbocycles. The molecule has 0 unspecified atom stereocenters. The van der Waals surface area contributed by atoms with Crippen molar-refractivity contribution < 1.29 is 18.7 Å². The Morgan fingerprint density at radius 3 is 2.48 bits per heavy atom. The molecule has 2 aliphatic rings. The van der Waals surface area contributed by atoms with Crippen LogP contribution in [0.5, 0.6) is 5.75 Å². The second-order valence-electron chi connectivity index (χ2n) is 7.85. The molecule has 148 valence electrons. The maximum atomic E-state index is 13.5. The minimum Gasteiger partial charge on any atom is -0.481 e. The molecule has 2 amide bonds. The number of ether oxygens (including phenoxy) is 1. The lowest BCUT2D eigenvalue weighted by atomic mass is 9.90. The van der Waals surface area contributed by atoms with E-state index < -0.39 is 5.82 Å². The second kappa shape index (κ2) is 8.72. The van der Waals surface area contributed by atoms with Crippen LogP contribution in [-0.4, -0.2) is 53.4 Å². The van der Waals surface area contributed by atoms with E-state index >= 15 is 0 Å². The van der Waals surface area contributed by atoms with E-state index in [-0.39, 0.29) is 36.1 Å². The number of para-hydroxylation sites is 1. The van der Waals surface area contributed by atoms with E-state index in [1.54, 1.807) is 17.0 Å². The molecule has 0 atom stereocenters. The molecule has 2 fully saturated rings. The van der Waals surface area contributed by atoms with Gasteiger partial charge in [0.2, 0.25) is 5.91 Å². The summed E-state index contributed by atoms with van der Waals surface area (Å²) in [6.07, 6.45) is 5.78. The Bertz CT molecular complexity index is 667. The van der Waals surface area contributed by atoms with Crippen LogP contribution in [0.1, 0.15) is 46.0 Å². The van der Waals surface area contributed by atoms with E-state index in [4.69, 9.17) is 4.74 Å². The van der Waals surface area contributed by atoms with Crippen LogP contribution in [0.3, 0.4) is 0 Å². The zero-order valence-electron chi connectivity index (χ0n) is 16.2. The Balaban J connectivity index is 1.49. The zero-order valence-corrected chi connectivity index (χ0v) is 16.2. The number of carbonyl (C=O) groups excluding carboxylic acids is 2. The standard InChI is InChI=1S/C21H29FN2O3/c1-15(2)24(17-8-4-3-5-9-17)21(26)16-12-23(13-16)20(25)14-27-19-11-7-6-10-18(19)22/h6-7,10-11,15-17H,3-5,8-9,12-14H2,1-2H3. The van der Waals surface area contributed by atoms with Crippen molar-refractivity contribution in [3.63, 3.8) is 0 Å². The summed E-state index contributed by atoms with van der Waals surface area (Å²) in [5.41, 5.74) is 0. The van der Waals surface area contributed by atoms with Crippen LogP contribution in [0, 0.1) is 11.7 Å². The van der Waals surface area contributed by atoms with Crippen molar-refractivity contribution in [3.05, 3.63) is 30.1 Å². The van der Waals surface area contributed by atoms with Crippen LogP contribution in [-0.2, 0) is 9.59 Å². The van der Waals surface area contributed by atoms with Gasteiger partial charge in [-0.1, -0.05) is 31.4 Å². The van der Waals surface area contributed by atoms with Crippen molar-refractivity contribution in [2.24, 2.45) is 5.92 Å². The van der Waals surface area contributed by atoms with Crippen molar-refractivity contribution in [3.8, 4) is 5.75 Å². The minimum absolute atomic E-state index is 0.0716. The first-order valence-corrected chi connectivity index (χ1v) is 9.94. The van der Waals surface area contributed by atoms with Gasteiger partial charge < -0.3 is 14.5 Å². The molecule has 5 nitrogen and oxygen atoms in total. The van der Waals surface area contributed by atoms with Crippen LogP contribution in [0.15, 0.2) is 24.3 Å². The summed E-state index contributed by atoms with van der Waals surface area (Å²) < 4.78 is 18.8. The fourth-order valence-corrected chi connectivity index (χ4v) is 4.06. The van der Waals surface area contributed by atoms with Crippen LogP contribution >= 0.6 is 0 Å². The molecule has 0 radical (unpaired) electrons. The summed E-state index contributed by atoms with van der Waals surface area (Å²) in [6, 6.07) is 6.53. The van der Waals surface area contributed by atoms with Gasteiger partial charge in [-0.2, -0.15) is 0 Å². The quantitative estimate of drug-likeness (QED) is 0.766. The van der Waals surface area contributed by atoms with Crippen LogP contribution in [0.25, 0.3) is 0 Å². The average Bonchev–Trinajstić information content (AvgIpc) is 2.60. The zero-order chi connectivity index (χ0) is 19.4. The lowest BCUT2D eigenvalue weighted by Crippen LogP contribution is -2.59. The van der Waals surface area contributed by atoms with Crippen LogP contribution in [0.2, 0.25) is 0 Å². The third-order valence-electron chi connectivity index (χ3n) is 5.55. The van der Waals surface area contributed by atoms with E-state index in [1.807, 2.05) is 4.90 Å². The molecule has 3 rings (SSSR count). The maximum absolute atomic E-state index is 13.5. The van der Waals surface area contributed by atoms with Crippen molar-refractivity contribution in [1.29, 1.82) is 0 Å². The smallest absolute Gasteiger partial charge is 0.260 e. The topological polar surface area (TPSA) is 49.9 Å². The first-order chi connectivity index (χ1) is 13.0. The molecule has 0 N–H and O–H groups in total. The number of halogens is 1. The number of rotatable bonds is 6. The lowest BCUT2D eigenvalue weighted by molar-refractivity contribution is -0.152. The molecule has 6 heteroatoms. The van der Waals surface area contributed by atoms with Gasteiger partial charge in [-0.25, -0.2) is 4.39 Å². The van der Waals surface area contributed by atoms with Crippen molar-refractivity contribution >= 4 is 11.8 Å². The third kappa shape index (κ3) is 4.60. The van der Waals surface area contributed by atoms with Gasteiger partial charge in [0.05, 0.1) is 5.92 Å². The summed E-state index contributed by atoms with van der Waals surface area (Å²) in [4.78, 5) is 28.9. The van der Waals surface area contributed by atoms with Gasteiger partial charge in [-0.15, -0.1) is 0 Å². The van der Waals surface area contributed by atoms with Gasteiger partial charge in [-0.3, -0.25) is 9.59 Å². The molecule has 1 heterocycles. The summed E-state index contributed by atoms with van der Waals surface area (Å²) >= 11 is 0. The lowest BCUT2D eigenvalue weighted by Gasteiger charge is -2.44. The highest BCUT2D eigenvalue weighted by Crippen LogP contribution is 2.28. The molecule has 1 aliphatic heterocycles. The largest absolute Gasteiger partial charge is 0.481 e. The minimum atomic E-state index is -0.484. The molecule has 0 aromatic heterocycles. The first-order valence-electron chi connectivity index (χ1n) is 9.94. The van der Waals surface area contributed by atoms with Gasteiger partial charge in [0.25, 0.3) is 5.91 Å². The Hall–Kier alpha value is -2.11. The fourth-order valence-electron chi connectivity index (χ4n) is 4.06. The molecular formula is C21H29FN2O3. The van der Waals surface area contributed by atoms with Crippen molar-refractivity contribution in [2.75, 3.05) is 19.7 Å². The van der Waals surface area contributed by atoms with Crippen molar-refractivity contribution in [2.45, 2.75) is 58.0 Å². The number of likely N-dealkylation sites (tertiary alicyclic amines) is 1. The van der Waals surface area contributed by atoms with Gasteiger partial charge in [0, 0.05) is 25.2 Å². The van der Waals surface area contributed by atoms with Gasteiger partial charge in [-0.05, 0) is 38.8 Å². The van der Waals surface area contributed by atoms with E-state index in [9.17, 15) is 14.0 Å². The van der Waals surface area contributed by atoms with E-state index in [0.717, 1.165) is 12.8 Å². The number of amides is 2. The first kappa shape index (κ1) is 19.6. The highest BCUT2D eigenvalue weighted by molar-refractivity contribution is 5.85. The highest BCUT2D eigenvalue weighted by Gasteiger charge is 2.40. The van der Waals surface area contributed by atoms with E-state index in [2.05, 4.69) is 13.8 Å². The SMILES string of the molecule is CC(C)N(C(=O)C1CN(C(=O)COc2ccccc2F)C1)C1CCCCC1. The third-order valence-corrected chi connectivity index (χ3v) is 5.55. The number of hydrogen-bond donors (Lipinski definition) is 0. The number of hydrogen-bond acceptors (Lipinski definition) is 3. The predicted octanol–water partition coefficient (Wildman–Crippen LogP) is 3.23. The van der Waals surface area contributed by atoms with Gasteiger partial charge in [0.1, 0.15) is 0 Å². The second-order valence-corrected chi connectivity index (χ2v) is 7.85. The molecule has 1 aromatic rings. The summed E-state index contributed by atoms with van der Waals surface area (Å²) in [7, 11) is 0. The number of carbonyl (C=O) groups is 2. The van der Waals surface area contributed by atoms with Crippen LogP contribution < -0.4 is 4.74 Å². The molecule has 0 spiro atoms. The molecule has 1 aliphatic carbocycles. The normalized spacial score (nSPS) is 18.3. The van der Waals surface area contributed by atoms with E-state index in [1.165, 1.54) is 31.4 Å². The predicted molar refractivity (Wildman–Crippen MR) is 101 cm³/mol. The molecule has 1 aromatic carbocycles. The molecule has 0 bridgehead atoms. The Morgan fingerprint density at radius 1 is 1.19 bits per heavy atom. The van der Waals surface area contributed by atoms with Crippen molar-refractivity contribution in [1.82, 2.24) is 9.80 Å². The maximum Gasteiger partial charge on any atom is 0.260 e. The molecule has 27 heavy (non-hydrogen) atoms. The average molecular weight is 376 g/mol. The summed E-state index contributed by atoms with van der Waals surface area (Å²) in [6.45, 7) is 4.77. The van der Waals surface area contributed by atoms with E-state index in [0.29, 0.717) is 19.1 Å².